The van der Waals surface area contributed by atoms with Crippen LogP contribution in [0.2, 0.25) is 0 Å². The van der Waals surface area contributed by atoms with Gasteiger partial charge in [-0.1, -0.05) is 12.8 Å². The Morgan fingerprint density at radius 3 is 3.00 bits per heavy atom. The van der Waals surface area contributed by atoms with Crippen LogP contribution in [0.25, 0.3) is 0 Å². The molecule has 3 N–H and O–H groups in total. The summed E-state index contributed by atoms with van der Waals surface area (Å²) < 4.78 is 0. The van der Waals surface area contributed by atoms with E-state index in [1.165, 1.54) is 24.6 Å². The van der Waals surface area contributed by atoms with Gasteiger partial charge in [-0.3, -0.25) is 14.5 Å². The number of amides is 2. The van der Waals surface area contributed by atoms with E-state index in [1.54, 1.807) is 6.20 Å². The summed E-state index contributed by atoms with van der Waals surface area (Å²) in [6, 6.07) is 0.126. The van der Waals surface area contributed by atoms with Gasteiger partial charge in [0.15, 0.2) is 0 Å². The number of aromatic amines is 1. The summed E-state index contributed by atoms with van der Waals surface area (Å²) in [5.41, 5.74) is 0. The molecule has 1 aromatic heterocycles. The van der Waals surface area contributed by atoms with E-state index >= 15 is 0 Å². The van der Waals surface area contributed by atoms with E-state index in [-0.39, 0.29) is 24.3 Å². The average Bonchev–Trinajstić information content (AvgIpc) is 3.27. The van der Waals surface area contributed by atoms with E-state index < -0.39 is 0 Å². The number of thioether (sulfide) groups is 1. The molecule has 132 valence electrons. The molecule has 2 heterocycles. The zero-order chi connectivity index (χ0) is 16.8. The first kappa shape index (κ1) is 17.2. The number of carbonyl (C=O) groups is 2. The second-order valence-corrected chi connectivity index (χ2v) is 7.31. The van der Waals surface area contributed by atoms with Gasteiger partial charge < -0.3 is 10.6 Å². The van der Waals surface area contributed by atoms with Crippen LogP contribution in [0.15, 0.2) is 11.2 Å². The van der Waals surface area contributed by atoms with Crippen molar-refractivity contribution in [3.05, 3.63) is 6.20 Å². The quantitative estimate of drug-likeness (QED) is 0.477. The van der Waals surface area contributed by atoms with Crippen LogP contribution in [-0.4, -0.2) is 69.6 Å². The van der Waals surface area contributed by atoms with E-state index in [2.05, 4.69) is 30.9 Å². The molecule has 8 nitrogen and oxygen atoms in total. The topological polar surface area (TPSA) is 103 Å². The molecule has 24 heavy (non-hydrogen) atoms. The predicted molar refractivity (Wildman–Crippen MR) is 90.5 cm³/mol. The van der Waals surface area contributed by atoms with E-state index in [0.717, 1.165) is 30.2 Å². The molecule has 1 saturated heterocycles. The molecule has 2 fully saturated rings. The Morgan fingerprint density at radius 1 is 1.42 bits per heavy atom. The number of nitrogens with one attached hydrogen (secondary N) is 3. The zero-order valence-electron chi connectivity index (χ0n) is 13.7. The van der Waals surface area contributed by atoms with Crippen molar-refractivity contribution >= 4 is 23.6 Å². The SMILES string of the molecule is O=C(CC1C(=O)NCCN1C1CCCC1)NCCSc1cn[nH]n1. The first-order valence-electron chi connectivity index (χ1n) is 8.53. The summed E-state index contributed by atoms with van der Waals surface area (Å²) in [5, 5.41) is 16.8. The molecule has 0 radical (unpaired) electrons. The first-order valence-corrected chi connectivity index (χ1v) is 9.51. The minimum absolute atomic E-state index is 0.0136. The third kappa shape index (κ3) is 4.47. The third-order valence-electron chi connectivity index (χ3n) is 4.61. The monoisotopic (exact) mass is 352 g/mol. The summed E-state index contributed by atoms with van der Waals surface area (Å²) in [6.45, 7) is 2.08. The highest BCUT2D eigenvalue weighted by atomic mass is 32.2. The van der Waals surface area contributed by atoms with Crippen LogP contribution in [0.4, 0.5) is 0 Å². The number of piperazine rings is 1. The Morgan fingerprint density at radius 2 is 2.25 bits per heavy atom. The lowest BCUT2D eigenvalue weighted by atomic mass is 10.0. The van der Waals surface area contributed by atoms with Gasteiger partial charge in [0.05, 0.1) is 18.7 Å². The molecular weight excluding hydrogens is 328 g/mol. The number of rotatable bonds is 7. The smallest absolute Gasteiger partial charge is 0.237 e. The Bertz CT molecular complexity index is 546. The fourth-order valence-corrected chi connectivity index (χ4v) is 4.12. The van der Waals surface area contributed by atoms with Gasteiger partial charge >= 0.3 is 0 Å². The average molecular weight is 352 g/mol. The van der Waals surface area contributed by atoms with Crippen molar-refractivity contribution in [2.45, 2.75) is 49.2 Å². The molecule has 1 unspecified atom stereocenters. The van der Waals surface area contributed by atoms with Crippen molar-refractivity contribution in [1.29, 1.82) is 0 Å². The standard InChI is InChI=1S/C15H24N6O2S/c22-13(16-6-8-24-14-10-18-20-19-14)9-12-15(23)17-5-7-21(12)11-3-1-2-4-11/h10-12H,1-9H2,(H,16,22)(H,17,23)(H,18,19,20). The maximum absolute atomic E-state index is 12.2. The van der Waals surface area contributed by atoms with Crippen molar-refractivity contribution in [2.24, 2.45) is 0 Å². The van der Waals surface area contributed by atoms with Crippen molar-refractivity contribution in [1.82, 2.24) is 30.9 Å². The molecule has 0 bridgehead atoms. The normalized spacial score (nSPS) is 22.5. The minimum Gasteiger partial charge on any atom is -0.355 e. The molecule has 2 amide bonds. The van der Waals surface area contributed by atoms with E-state index in [9.17, 15) is 9.59 Å². The van der Waals surface area contributed by atoms with Crippen LogP contribution in [0.5, 0.6) is 0 Å². The fraction of sp³-hybridized carbons (Fsp3) is 0.733. The minimum atomic E-state index is -0.329. The third-order valence-corrected chi connectivity index (χ3v) is 5.51. The van der Waals surface area contributed by atoms with Crippen LogP contribution in [0.3, 0.4) is 0 Å². The molecule has 0 aromatic carbocycles. The second kappa shape index (κ2) is 8.48. The number of hydrogen-bond acceptors (Lipinski definition) is 6. The summed E-state index contributed by atoms with van der Waals surface area (Å²) in [6.07, 6.45) is 6.61. The lowest BCUT2D eigenvalue weighted by Gasteiger charge is -2.38. The number of H-pyrrole nitrogens is 1. The number of hydrogen-bond donors (Lipinski definition) is 3. The molecule has 2 aliphatic rings. The zero-order valence-corrected chi connectivity index (χ0v) is 14.5. The molecule has 1 saturated carbocycles. The largest absolute Gasteiger partial charge is 0.355 e. The Balaban J connectivity index is 1.44. The summed E-state index contributed by atoms with van der Waals surface area (Å²) in [4.78, 5) is 26.7. The van der Waals surface area contributed by atoms with Gasteiger partial charge in [0.1, 0.15) is 5.03 Å². The van der Waals surface area contributed by atoms with Gasteiger partial charge in [0.25, 0.3) is 0 Å². The molecule has 1 atom stereocenters. The van der Waals surface area contributed by atoms with Crippen LogP contribution in [-0.2, 0) is 9.59 Å². The molecule has 0 spiro atoms. The highest BCUT2D eigenvalue weighted by molar-refractivity contribution is 7.99. The Hall–Kier alpha value is -1.61. The molecule has 1 aromatic rings. The molecule has 3 rings (SSSR count). The molecule has 9 heteroatoms. The van der Waals surface area contributed by atoms with Crippen LogP contribution >= 0.6 is 11.8 Å². The van der Waals surface area contributed by atoms with Gasteiger partial charge in [0.2, 0.25) is 11.8 Å². The fourth-order valence-electron chi connectivity index (χ4n) is 3.47. The van der Waals surface area contributed by atoms with E-state index in [4.69, 9.17) is 0 Å². The van der Waals surface area contributed by atoms with Crippen molar-refractivity contribution < 1.29 is 9.59 Å². The summed E-state index contributed by atoms with van der Waals surface area (Å²) in [7, 11) is 0. The maximum Gasteiger partial charge on any atom is 0.237 e. The van der Waals surface area contributed by atoms with Crippen LogP contribution in [0, 0.1) is 0 Å². The van der Waals surface area contributed by atoms with Gasteiger partial charge in [-0.25, -0.2) is 0 Å². The summed E-state index contributed by atoms with van der Waals surface area (Å²) in [5.74, 6) is 0.641. The Labute approximate surface area is 145 Å². The lowest BCUT2D eigenvalue weighted by Crippen LogP contribution is -2.59. The maximum atomic E-state index is 12.2. The van der Waals surface area contributed by atoms with Crippen LogP contribution in [0.1, 0.15) is 32.1 Å². The predicted octanol–water partition coefficient (Wildman–Crippen LogP) is 0.146. The number of nitrogens with zero attached hydrogens (tertiary/aromatic N) is 3. The van der Waals surface area contributed by atoms with E-state index in [1.807, 2.05) is 0 Å². The van der Waals surface area contributed by atoms with E-state index in [0.29, 0.717) is 19.1 Å². The van der Waals surface area contributed by atoms with Gasteiger partial charge in [-0.2, -0.15) is 10.3 Å². The lowest BCUT2D eigenvalue weighted by molar-refractivity contribution is -0.135. The Kier molecular flexibility index (Phi) is 6.08. The van der Waals surface area contributed by atoms with Gasteiger partial charge in [-0.15, -0.1) is 16.9 Å². The van der Waals surface area contributed by atoms with Gasteiger partial charge in [0, 0.05) is 31.4 Å². The number of carbonyl (C=O) groups excluding carboxylic acids is 2. The van der Waals surface area contributed by atoms with Crippen molar-refractivity contribution in [2.75, 3.05) is 25.4 Å². The highest BCUT2D eigenvalue weighted by Crippen LogP contribution is 2.26. The summed E-state index contributed by atoms with van der Waals surface area (Å²) >= 11 is 1.53. The molecule has 1 aliphatic carbocycles. The van der Waals surface area contributed by atoms with Crippen molar-refractivity contribution in [3.63, 3.8) is 0 Å². The first-order chi connectivity index (χ1) is 11.7. The highest BCUT2D eigenvalue weighted by Gasteiger charge is 2.36. The van der Waals surface area contributed by atoms with Crippen molar-refractivity contribution in [3.8, 4) is 0 Å². The van der Waals surface area contributed by atoms with Crippen LogP contribution < -0.4 is 10.6 Å². The van der Waals surface area contributed by atoms with Gasteiger partial charge in [-0.05, 0) is 12.8 Å². The second-order valence-electron chi connectivity index (χ2n) is 6.19. The number of aromatic nitrogens is 3. The molecular formula is C15H24N6O2S. The molecule has 1 aliphatic heterocycles.